The number of rotatable bonds is 3. The standard InChI is InChI=1S/C19H27N3O.C7H7NO/c20-12-17-15-10-11-22(19(23)13-6-2-1-3-7-13)18(15)14-8-4-5-9-16(14)21-17;8-7(9)6-4-2-1-3-5-6/h4-5,8-9,13,15,17-18,21H,1-3,6-7,10-12,20H2;1-5H,(H2,8,9)/t15-,17?,18?;/m0./s1. The zero-order valence-corrected chi connectivity index (χ0v) is 18.6. The van der Waals surface area contributed by atoms with E-state index in [-0.39, 0.29) is 23.9 Å². The molecule has 2 heterocycles. The predicted molar refractivity (Wildman–Crippen MR) is 127 cm³/mol. The summed E-state index contributed by atoms with van der Waals surface area (Å²) in [5.41, 5.74) is 14.0. The van der Waals surface area contributed by atoms with Gasteiger partial charge < -0.3 is 21.7 Å². The van der Waals surface area contributed by atoms with Crippen LogP contribution in [0.25, 0.3) is 0 Å². The first-order valence-electron chi connectivity index (χ1n) is 11.8. The minimum absolute atomic E-state index is 0.218. The SMILES string of the molecule is NC(=O)c1ccccc1.NCC1Nc2ccccc2C2[C@H]1CCN2C(=O)C1CCCCC1. The molecule has 6 heteroatoms. The minimum Gasteiger partial charge on any atom is -0.380 e. The van der Waals surface area contributed by atoms with E-state index in [1.165, 1.54) is 24.8 Å². The first kappa shape index (κ1) is 22.3. The number of nitrogens with two attached hydrogens (primary N) is 2. The Bertz CT molecular complexity index is 926. The molecule has 0 aromatic heterocycles. The number of hydrogen-bond acceptors (Lipinski definition) is 4. The lowest BCUT2D eigenvalue weighted by Crippen LogP contribution is -2.45. The quantitative estimate of drug-likeness (QED) is 0.686. The normalized spacial score (nSPS) is 24.4. The van der Waals surface area contributed by atoms with E-state index in [1.54, 1.807) is 24.3 Å². The Morgan fingerprint density at radius 3 is 2.28 bits per heavy atom. The molecule has 6 nitrogen and oxygen atoms in total. The van der Waals surface area contributed by atoms with Gasteiger partial charge in [0.1, 0.15) is 0 Å². The summed E-state index contributed by atoms with van der Waals surface area (Å²) >= 11 is 0. The zero-order chi connectivity index (χ0) is 22.5. The van der Waals surface area contributed by atoms with Crippen LogP contribution >= 0.6 is 0 Å². The molecule has 2 aliphatic heterocycles. The van der Waals surface area contributed by atoms with Gasteiger partial charge >= 0.3 is 0 Å². The molecule has 5 rings (SSSR count). The van der Waals surface area contributed by atoms with Crippen LogP contribution in [0.5, 0.6) is 0 Å². The number of nitrogens with one attached hydrogen (secondary N) is 1. The number of amides is 2. The van der Waals surface area contributed by atoms with Crippen molar-refractivity contribution >= 4 is 17.5 Å². The first-order valence-corrected chi connectivity index (χ1v) is 11.8. The number of benzene rings is 2. The highest BCUT2D eigenvalue weighted by Crippen LogP contribution is 2.47. The summed E-state index contributed by atoms with van der Waals surface area (Å²) in [4.78, 5) is 25.7. The Morgan fingerprint density at radius 2 is 1.62 bits per heavy atom. The van der Waals surface area contributed by atoms with E-state index < -0.39 is 0 Å². The van der Waals surface area contributed by atoms with E-state index in [2.05, 4.69) is 34.5 Å². The maximum absolute atomic E-state index is 13.1. The molecule has 5 N–H and O–H groups in total. The molecule has 3 aliphatic rings. The van der Waals surface area contributed by atoms with Crippen molar-refractivity contribution in [3.63, 3.8) is 0 Å². The van der Waals surface area contributed by atoms with Gasteiger partial charge in [0.15, 0.2) is 0 Å². The largest absolute Gasteiger partial charge is 0.380 e. The molecular formula is C26H34N4O2. The second kappa shape index (κ2) is 10.2. The fourth-order valence-corrected chi connectivity index (χ4v) is 5.50. The highest BCUT2D eigenvalue weighted by molar-refractivity contribution is 5.92. The monoisotopic (exact) mass is 434 g/mol. The minimum atomic E-state index is -0.379. The zero-order valence-electron chi connectivity index (χ0n) is 18.6. The van der Waals surface area contributed by atoms with Gasteiger partial charge in [0, 0.05) is 42.2 Å². The fourth-order valence-electron chi connectivity index (χ4n) is 5.50. The van der Waals surface area contributed by atoms with E-state index >= 15 is 0 Å². The highest BCUT2D eigenvalue weighted by atomic mass is 16.2. The van der Waals surface area contributed by atoms with Crippen molar-refractivity contribution in [2.45, 2.75) is 50.6 Å². The lowest BCUT2D eigenvalue weighted by atomic mass is 9.82. The van der Waals surface area contributed by atoms with E-state index in [4.69, 9.17) is 11.5 Å². The number of primary amides is 1. The molecule has 2 unspecified atom stereocenters. The summed E-state index contributed by atoms with van der Waals surface area (Å²) < 4.78 is 0. The van der Waals surface area contributed by atoms with Crippen molar-refractivity contribution in [3.05, 3.63) is 65.7 Å². The number of carbonyl (C=O) groups is 2. The van der Waals surface area contributed by atoms with Crippen LogP contribution < -0.4 is 16.8 Å². The van der Waals surface area contributed by atoms with Crippen LogP contribution in [-0.4, -0.2) is 35.8 Å². The van der Waals surface area contributed by atoms with E-state index in [9.17, 15) is 9.59 Å². The molecule has 2 aromatic rings. The summed E-state index contributed by atoms with van der Waals surface area (Å²) in [5.74, 6) is 0.712. The molecule has 2 amide bonds. The van der Waals surface area contributed by atoms with Gasteiger partial charge in [-0.25, -0.2) is 0 Å². The number of carbonyl (C=O) groups excluding carboxylic acids is 2. The molecule has 3 atom stereocenters. The van der Waals surface area contributed by atoms with Crippen molar-refractivity contribution in [1.29, 1.82) is 0 Å². The summed E-state index contributed by atoms with van der Waals surface area (Å²) in [7, 11) is 0. The predicted octanol–water partition coefficient (Wildman–Crippen LogP) is 3.69. The van der Waals surface area contributed by atoms with Crippen LogP contribution in [0.1, 0.15) is 60.5 Å². The molecule has 1 aliphatic carbocycles. The van der Waals surface area contributed by atoms with Crippen molar-refractivity contribution in [2.75, 3.05) is 18.4 Å². The molecule has 0 radical (unpaired) electrons. The van der Waals surface area contributed by atoms with Crippen LogP contribution in [-0.2, 0) is 4.79 Å². The summed E-state index contributed by atoms with van der Waals surface area (Å²) in [6.45, 7) is 1.51. The van der Waals surface area contributed by atoms with Crippen molar-refractivity contribution in [3.8, 4) is 0 Å². The molecule has 1 saturated heterocycles. The Balaban J connectivity index is 0.000000230. The lowest BCUT2D eigenvalue weighted by molar-refractivity contribution is -0.138. The molecule has 170 valence electrons. The lowest BCUT2D eigenvalue weighted by Gasteiger charge is -2.40. The fraction of sp³-hybridized carbons (Fsp3) is 0.462. The van der Waals surface area contributed by atoms with Gasteiger partial charge in [0.2, 0.25) is 11.8 Å². The number of likely N-dealkylation sites (tertiary alicyclic amines) is 1. The van der Waals surface area contributed by atoms with Crippen molar-refractivity contribution in [2.24, 2.45) is 23.3 Å². The average Bonchev–Trinajstić information content (AvgIpc) is 3.30. The van der Waals surface area contributed by atoms with Crippen LogP contribution in [0.15, 0.2) is 54.6 Å². The highest BCUT2D eigenvalue weighted by Gasteiger charge is 2.46. The smallest absolute Gasteiger partial charge is 0.248 e. The summed E-state index contributed by atoms with van der Waals surface area (Å²) in [5, 5.41) is 3.59. The molecular weight excluding hydrogens is 400 g/mol. The second-order valence-corrected chi connectivity index (χ2v) is 9.07. The van der Waals surface area contributed by atoms with Gasteiger partial charge in [0.05, 0.1) is 6.04 Å². The number of para-hydroxylation sites is 1. The average molecular weight is 435 g/mol. The van der Waals surface area contributed by atoms with Crippen LogP contribution in [0, 0.1) is 11.8 Å². The Hall–Kier alpha value is -2.86. The van der Waals surface area contributed by atoms with Gasteiger partial charge in [-0.3, -0.25) is 9.59 Å². The van der Waals surface area contributed by atoms with Crippen LogP contribution in [0.2, 0.25) is 0 Å². The van der Waals surface area contributed by atoms with Gasteiger partial charge in [-0.05, 0) is 43.0 Å². The molecule has 2 fully saturated rings. The van der Waals surface area contributed by atoms with Crippen molar-refractivity contribution < 1.29 is 9.59 Å². The van der Waals surface area contributed by atoms with E-state index in [0.29, 0.717) is 23.9 Å². The summed E-state index contributed by atoms with van der Waals surface area (Å²) in [6, 6.07) is 17.7. The third kappa shape index (κ3) is 4.65. The molecule has 1 saturated carbocycles. The molecule has 0 bridgehead atoms. The molecule has 32 heavy (non-hydrogen) atoms. The Morgan fingerprint density at radius 1 is 0.938 bits per heavy atom. The maximum Gasteiger partial charge on any atom is 0.248 e. The molecule has 2 aromatic carbocycles. The van der Waals surface area contributed by atoms with Crippen molar-refractivity contribution in [1.82, 2.24) is 4.90 Å². The van der Waals surface area contributed by atoms with Gasteiger partial charge in [0.25, 0.3) is 0 Å². The third-order valence-electron chi connectivity index (χ3n) is 7.13. The first-order chi connectivity index (χ1) is 15.6. The number of hydrogen-bond donors (Lipinski definition) is 3. The third-order valence-corrected chi connectivity index (χ3v) is 7.13. The number of anilines is 1. The van der Waals surface area contributed by atoms with Crippen LogP contribution in [0.3, 0.4) is 0 Å². The van der Waals surface area contributed by atoms with Gasteiger partial charge in [-0.15, -0.1) is 0 Å². The number of nitrogens with zero attached hydrogens (tertiary/aromatic N) is 1. The Kier molecular flexibility index (Phi) is 7.10. The Labute approximate surface area is 190 Å². The van der Waals surface area contributed by atoms with E-state index in [0.717, 1.165) is 31.5 Å². The number of fused-ring (bicyclic) bond motifs is 3. The summed E-state index contributed by atoms with van der Waals surface area (Å²) in [6.07, 6.45) is 6.92. The maximum atomic E-state index is 13.1. The van der Waals surface area contributed by atoms with E-state index in [1.807, 2.05) is 6.07 Å². The second-order valence-electron chi connectivity index (χ2n) is 9.07. The molecule has 0 spiro atoms. The van der Waals surface area contributed by atoms with Gasteiger partial charge in [-0.2, -0.15) is 0 Å². The topological polar surface area (TPSA) is 101 Å². The van der Waals surface area contributed by atoms with Gasteiger partial charge in [-0.1, -0.05) is 55.7 Å². The van der Waals surface area contributed by atoms with Crippen LogP contribution in [0.4, 0.5) is 5.69 Å².